The van der Waals surface area contributed by atoms with Gasteiger partial charge in [0.05, 0.1) is 0 Å². The van der Waals surface area contributed by atoms with Gasteiger partial charge in [-0.1, -0.05) is 18.2 Å². The Morgan fingerprint density at radius 3 is 2.56 bits per heavy atom. The highest BCUT2D eigenvalue weighted by Crippen LogP contribution is 2.06. The van der Waals surface area contributed by atoms with E-state index < -0.39 is 5.97 Å². The molecule has 0 radical (unpaired) electrons. The zero-order valence-corrected chi connectivity index (χ0v) is 10.4. The minimum absolute atomic E-state index is 0.133. The van der Waals surface area contributed by atoms with E-state index >= 15 is 0 Å². The normalized spacial score (nSPS) is 9.67. The van der Waals surface area contributed by atoms with Crippen molar-refractivity contribution in [3.8, 4) is 0 Å². The first-order chi connectivity index (χ1) is 8.49. The lowest BCUT2D eigenvalue weighted by Crippen LogP contribution is -2.19. The number of amides is 1. The molecule has 0 spiro atoms. The first kappa shape index (κ1) is 13.9. The van der Waals surface area contributed by atoms with Gasteiger partial charge >= 0.3 is 5.97 Å². The Kier molecular flexibility index (Phi) is 5.05. The summed E-state index contributed by atoms with van der Waals surface area (Å²) in [6.07, 6.45) is 0. The standard InChI is InChI=1S/C13H15NO4/c1-9(15)14-7-11-4-3-5-12(6-11)13(17)8-18-10(2)16/h3-6H,7-8H2,1-2H3,(H,14,15). The van der Waals surface area contributed by atoms with E-state index in [1.807, 2.05) is 0 Å². The van der Waals surface area contributed by atoms with Crippen LogP contribution in [-0.4, -0.2) is 24.3 Å². The quantitative estimate of drug-likeness (QED) is 0.625. The van der Waals surface area contributed by atoms with Gasteiger partial charge in [0.25, 0.3) is 0 Å². The van der Waals surface area contributed by atoms with Crippen LogP contribution < -0.4 is 5.32 Å². The zero-order valence-electron chi connectivity index (χ0n) is 10.4. The molecular formula is C13H15NO4. The van der Waals surface area contributed by atoms with Crippen LogP contribution in [0, 0.1) is 0 Å². The fourth-order valence-electron chi connectivity index (χ4n) is 1.33. The molecule has 1 aromatic carbocycles. The Labute approximate surface area is 105 Å². The van der Waals surface area contributed by atoms with Crippen molar-refractivity contribution in [3.63, 3.8) is 0 Å². The van der Waals surface area contributed by atoms with Crippen LogP contribution in [0.2, 0.25) is 0 Å². The van der Waals surface area contributed by atoms with E-state index in [1.54, 1.807) is 24.3 Å². The maximum absolute atomic E-state index is 11.7. The molecule has 5 heteroatoms. The summed E-state index contributed by atoms with van der Waals surface area (Å²) in [5.74, 6) is -0.890. The summed E-state index contributed by atoms with van der Waals surface area (Å²) in [4.78, 5) is 33.1. The molecule has 0 atom stereocenters. The number of carbonyl (C=O) groups is 3. The molecule has 0 unspecified atom stereocenters. The SMILES string of the molecule is CC(=O)NCc1cccc(C(=O)COC(C)=O)c1. The first-order valence-corrected chi connectivity index (χ1v) is 5.49. The lowest BCUT2D eigenvalue weighted by molar-refractivity contribution is -0.139. The number of ketones is 1. The second kappa shape index (κ2) is 6.54. The molecule has 18 heavy (non-hydrogen) atoms. The number of esters is 1. The maximum atomic E-state index is 11.7. The Balaban J connectivity index is 2.66. The Bertz CT molecular complexity index is 468. The molecule has 0 aliphatic carbocycles. The third-order valence-corrected chi connectivity index (χ3v) is 2.20. The van der Waals surface area contributed by atoms with Crippen molar-refractivity contribution in [2.45, 2.75) is 20.4 Å². The average Bonchev–Trinajstić information content (AvgIpc) is 2.33. The predicted octanol–water partition coefficient (Wildman–Crippen LogP) is 1.07. The molecule has 0 bridgehead atoms. The lowest BCUT2D eigenvalue weighted by Gasteiger charge is -2.05. The molecule has 0 aliphatic heterocycles. The van der Waals surface area contributed by atoms with E-state index in [9.17, 15) is 14.4 Å². The average molecular weight is 249 g/mol. The van der Waals surface area contributed by atoms with Crippen LogP contribution in [0.1, 0.15) is 29.8 Å². The summed E-state index contributed by atoms with van der Waals surface area (Å²) in [7, 11) is 0. The largest absolute Gasteiger partial charge is 0.457 e. The number of hydrogen-bond acceptors (Lipinski definition) is 4. The fourth-order valence-corrected chi connectivity index (χ4v) is 1.33. The molecule has 0 heterocycles. The third kappa shape index (κ3) is 4.78. The Hall–Kier alpha value is -2.17. The summed E-state index contributed by atoms with van der Waals surface area (Å²) >= 11 is 0. The van der Waals surface area contributed by atoms with Gasteiger partial charge in [0, 0.05) is 26.0 Å². The molecule has 1 amide bonds. The molecule has 0 fully saturated rings. The van der Waals surface area contributed by atoms with E-state index in [0.717, 1.165) is 5.56 Å². The van der Waals surface area contributed by atoms with Gasteiger partial charge in [-0.15, -0.1) is 0 Å². The molecule has 0 saturated carbocycles. The van der Waals surface area contributed by atoms with Crippen molar-refractivity contribution in [1.82, 2.24) is 5.32 Å². The van der Waals surface area contributed by atoms with Crippen molar-refractivity contribution >= 4 is 17.7 Å². The lowest BCUT2D eigenvalue weighted by atomic mass is 10.1. The molecule has 0 aliphatic rings. The first-order valence-electron chi connectivity index (χ1n) is 5.49. The van der Waals surface area contributed by atoms with Crippen molar-refractivity contribution in [2.75, 3.05) is 6.61 Å². The summed E-state index contributed by atoms with van der Waals surface area (Å²) in [5, 5.41) is 2.64. The van der Waals surface area contributed by atoms with Gasteiger partial charge in [0.15, 0.2) is 12.4 Å². The van der Waals surface area contributed by atoms with Gasteiger partial charge in [-0.2, -0.15) is 0 Å². The van der Waals surface area contributed by atoms with Crippen molar-refractivity contribution in [1.29, 1.82) is 0 Å². The van der Waals surface area contributed by atoms with Crippen LogP contribution in [0.5, 0.6) is 0 Å². The zero-order chi connectivity index (χ0) is 13.5. The van der Waals surface area contributed by atoms with Crippen LogP contribution in [-0.2, 0) is 20.9 Å². The predicted molar refractivity (Wildman–Crippen MR) is 64.9 cm³/mol. The van der Waals surface area contributed by atoms with Crippen molar-refractivity contribution < 1.29 is 19.1 Å². The molecule has 96 valence electrons. The topological polar surface area (TPSA) is 72.5 Å². The number of Topliss-reactive ketones (excluding diaryl/α,β-unsaturated/α-hetero) is 1. The third-order valence-electron chi connectivity index (χ3n) is 2.20. The van der Waals surface area contributed by atoms with Crippen LogP contribution in [0.4, 0.5) is 0 Å². The van der Waals surface area contributed by atoms with Crippen LogP contribution in [0.25, 0.3) is 0 Å². The van der Waals surface area contributed by atoms with Crippen LogP contribution in [0.3, 0.4) is 0 Å². The van der Waals surface area contributed by atoms with E-state index in [4.69, 9.17) is 0 Å². The molecule has 1 N–H and O–H groups in total. The minimum atomic E-state index is -0.488. The highest BCUT2D eigenvalue weighted by molar-refractivity contribution is 5.98. The highest BCUT2D eigenvalue weighted by Gasteiger charge is 2.08. The van der Waals surface area contributed by atoms with Crippen molar-refractivity contribution in [3.05, 3.63) is 35.4 Å². The van der Waals surface area contributed by atoms with Crippen molar-refractivity contribution in [2.24, 2.45) is 0 Å². The molecular weight excluding hydrogens is 234 g/mol. The Morgan fingerprint density at radius 1 is 1.22 bits per heavy atom. The number of rotatable bonds is 5. The Morgan fingerprint density at radius 2 is 1.94 bits per heavy atom. The van der Waals surface area contributed by atoms with E-state index in [0.29, 0.717) is 12.1 Å². The van der Waals surface area contributed by atoms with E-state index in [-0.39, 0.29) is 18.3 Å². The monoisotopic (exact) mass is 249 g/mol. The summed E-state index contributed by atoms with van der Waals surface area (Å²) < 4.78 is 4.64. The second-order valence-corrected chi connectivity index (χ2v) is 3.81. The number of hydrogen-bond donors (Lipinski definition) is 1. The summed E-state index contributed by atoms with van der Waals surface area (Å²) in [6.45, 7) is 2.78. The van der Waals surface area contributed by atoms with E-state index in [2.05, 4.69) is 10.1 Å². The number of nitrogens with one attached hydrogen (secondary N) is 1. The van der Waals surface area contributed by atoms with Crippen LogP contribution in [0.15, 0.2) is 24.3 Å². The second-order valence-electron chi connectivity index (χ2n) is 3.81. The summed E-state index contributed by atoms with van der Waals surface area (Å²) in [6, 6.07) is 6.83. The number of carbonyl (C=O) groups excluding carboxylic acids is 3. The number of benzene rings is 1. The molecule has 1 aromatic rings. The van der Waals surface area contributed by atoms with Gasteiger partial charge in [0.2, 0.25) is 5.91 Å². The fraction of sp³-hybridized carbons (Fsp3) is 0.308. The van der Waals surface area contributed by atoms with E-state index in [1.165, 1.54) is 13.8 Å². The number of ether oxygens (including phenoxy) is 1. The maximum Gasteiger partial charge on any atom is 0.303 e. The van der Waals surface area contributed by atoms with Gasteiger partial charge in [-0.05, 0) is 11.6 Å². The highest BCUT2D eigenvalue weighted by atomic mass is 16.5. The smallest absolute Gasteiger partial charge is 0.303 e. The van der Waals surface area contributed by atoms with Crippen LogP contribution >= 0.6 is 0 Å². The van der Waals surface area contributed by atoms with Gasteiger partial charge in [0.1, 0.15) is 0 Å². The molecule has 0 saturated heterocycles. The molecule has 0 aromatic heterocycles. The minimum Gasteiger partial charge on any atom is -0.457 e. The summed E-state index contributed by atoms with van der Waals surface area (Å²) in [5.41, 5.74) is 1.28. The molecule has 5 nitrogen and oxygen atoms in total. The van der Waals surface area contributed by atoms with Gasteiger partial charge in [-0.25, -0.2) is 0 Å². The van der Waals surface area contributed by atoms with Gasteiger partial charge in [-0.3, -0.25) is 14.4 Å². The van der Waals surface area contributed by atoms with Gasteiger partial charge < -0.3 is 10.1 Å². The molecule has 1 rings (SSSR count).